The zero-order valence-electron chi connectivity index (χ0n) is 38.0. The maximum absolute atomic E-state index is 2.99. The van der Waals surface area contributed by atoms with Crippen LogP contribution in [0.3, 0.4) is 0 Å². The van der Waals surface area contributed by atoms with Crippen LogP contribution in [0.25, 0.3) is 11.1 Å². The molecular weight excluding hydrogens is 854 g/mol. The van der Waals surface area contributed by atoms with Crippen molar-refractivity contribution < 1.29 is 0 Å². The molecule has 0 spiro atoms. The molecule has 0 radical (unpaired) electrons. The van der Waals surface area contributed by atoms with Crippen molar-refractivity contribution in [1.29, 1.82) is 0 Å². The summed E-state index contributed by atoms with van der Waals surface area (Å²) in [5.74, 6) is 0.379. The van der Waals surface area contributed by atoms with Crippen LogP contribution in [0.1, 0.15) is 56.3 Å². The molecule has 15 rings (SSSR count). The number of aryl methyl sites for hydroxylation is 1. The normalized spacial score (nSPS) is 16.4. The molecule has 0 N–H and O–H groups in total. The number of nitrogens with zero attached hydrogens (tertiary/aromatic N) is 1. The lowest BCUT2D eigenvalue weighted by molar-refractivity contribution is 0.756. The van der Waals surface area contributed by atoms with Crippen molar-refractivity contribution in [2.24, 2.45) is 0 Å². The van der Waals surface area contributed by atoms with Gasteiger partial charge < -0.3 is 4.90 Å². The molecule has 0 atom stereocenters. The average molecular weight is 900 g/mol. The minimum atomic E-state index is -2.99. The van der Waals surface area contributed by atoms with E-state index >= 15 is 0 Å². The summed E-state index contributed by atoms with van der Waals surface area (Å²) in [7, 11) is -2.99. The maximum Gasteiger partial charge on any atom is 0.244 e. The third-order valence-electron chi connectivity index (χ3n) is 15.8. The Hall–Kier alpha value is -7.37. The predicted octanol–water partition coefficient (Wildman–Crippen LogP) is 11.1. The fourth-order valence-electron chi connectivity index (χ4n) is 13.1. The van der Waals surface area contributed by atoms with Crippen molar-refractivity contribution in [2.45, 2.75) is 35.5 Å². The molecule has 0 unspecified atom stereocenters. The molecule has 2 aliphatic heterocycles. The molecule has 4 heteroatoms. The number of benzene rings is 10. The highest BCUT2D eigenvalue weighted by Gasteiger charge is 2.50. The average Bonchev–Trinajstić information content (AvgIpc) is 3.40. The smallest absolute Gasteiger partial charge is 0.244 e. The van der Waals surface area contributed by atoms with Gasteiger partial charge in [0.2, 0.25) is 6.71 Å². The van der Waals surface area contributed by atoms with E-state index in [0.717, 1.165) is 0 Å². The summed E-state index contributed by atoms with van der Waals surface area (Å²) in [6, 6.07) is 88.4. The van der Waals surface area contributed by atoms with E-state index in [-0.39, 0.29) is 18.5 Å². The van der Waals surface area contributed by atoms with Crippen LogP contribution < -0.4 is 42.0 Å². The standard InChI is InChI=1S/C64H46BNSSi/c1-41-20-17-36-58-64(41)65(53-31-13-15-35-57(53)67-58)52-32-19-34-54(42(52)2)66-55-33-14-16-37-59(55)68(44-21-5-3-6-22-44,45-23-7-4-8-24-45)60-40-43(38-39-56(60)66)46-29-18-30-51-61-47-25-9-11-27-49(47)63(62(46)51)50-28-12-10-26-48(50)61/h3-40,61,63H,1-2H3. The second-order valence-electron chi connectivity index (χ2n) is 19.0. The van der Waals surface area contributed by atoms with Crippen molar-refractivity contribution in [3.63, 3.8) is 0 Å². The van der Waals surface area contributed by atoms with E-state index in [0.29, 0.717) is 0 Å². The zero-order valence-corrected chi connectivity index (χ0v) is 39.8. The van der Waals surface area contributed by atoms with Gasteiger partial charge in [0, 0.05) is 38.7 Å². The molecule has 68 heavy (non-hydrogen) atoms. The predicted molar refractivity (Wildman–Crippen MR) is 290 cm³/mol. The van der Waals surface area contributed by atoms with Gasteiger partial charge in [-0.05, 0) is 115 Å². The Morgan fingerprint density at radius 3 is 1.71 bits per heavy atom. The van der Waals surface area contributed by atoms with Crippen LogP contribution in [0.15, 0.2) is 240 Å². The summed E-state index contributed by atoms with van der Waals surface area (Å²) in [4.78, 5) is 5.32. The van der Waals surface area contributed by atoms with Gasteiger partial charge in [0.05, 0.1) is 0 Å². The van der Waals surface area contributed by atoms with Crippen LogP contribution >= 0.6 is 11.8 Å². The van der Waals surface area contributed by atoms with Crippen LogP contribution in [0.2, 0.25) is 0 Å². The van der Waals surface area contributed by atoms with Crippen molar-refractivity contribution in [2.75, 3.05) is 4.90 Å². The summed E-state index contributed by atoms with van der Waals surface area (Å²) in [6.07, 6.45) is 0. The fourth-order valence-corrected chi connectivity index (χ4v) is 19.4. The van der Waals surface area contributed by atoms with Crippen LogP contribution in [0, 0.1) is 13.8 Å². The van der Waals surface area contributed by atoms with Crippen LogP contribution in [0.5, 0.6) is 0 Å². The minimum Gasteiger partial charge on any atom is -0.310 e. The van der Waals surface area contributed by atoms with Gasteiger partial charge in [-0.2, -0.15) is 0 Å². The second kappa shape index (κ2) is 15.3. The molecule has 2 heterocycles. The first-order chi connectivity index (χ1) is 33.6. The van der Waals surface area contributed by atoms with Gasteiger partial charge in [-0.25, -0.2) is 0 Å². The van der Waals surface area contributed by atoms with E-state index in [1.807, 2.05) is 11.8 Å². The molecule has 320 valence electrons. The largest absolute Gasteiger partial charge is 0.310 e. The number of rotatable bonds is 5. The number of anilines is 3. The topological polar surface area (TPSA) is 3.24 Å². The lowest BCUT2D eigenvalue weighted by atomic mass is 9.35. The Kier molecular flexibility index (Phi) is 8.97. The molecule has 10 aromatic carbocycles. The van der Waals surface area contributed by atoms with E-state index in [4.69, 9.17) is 0 Å². The Labute approximate surface area is 404 Å². The Balaban J connectivity index is 1.04. The minimum absolute atomic E-state index is 0.113. The molecule has 3 aliphatic carbocycles. The molecule has 2 bridgehead atoms. The zero-order chi connectivity index (χ0) is 45.1. The summed E-state index contributed by atoms with van der Waals surface area (Å²) in [5.41, 5.74) is 21.8. The number of fused-ring (bicyclic) bond motifs is 4. The third-order valence-corrected chi connectivity index (χ3v) is 21.8. The van der Waals surface area contributed by atoms with E-state index in [1.165, 1.54) is 120 Å². The second-order valence-corrected chi connectivity index (χ2v) is 23.9. The Bertz CT molecular complexity index is 3590. The summed E-state index contributed by atoms with van der Waals surface area (Å²) in [5, 5.41) is 5.60. The summed E-state index contributed by atoms with van der Waals surface area (Å²) >= 11 is 1.91. The van der Waals surface area contributed by atoms with E-state index in [2.05, 4.69) is 249 Å². The lowest BCUT2D eigenvalue weighted by Crippen LogP contribution is -2.77. The number of hydrogen-bond acceptors (Lipinski definition) is 2. The Morgan fingerprint density at radius 2 is 0.971 bits per heavy atom. The first kappa shape index (κ1) is 39.8. The van der Waals surface area contributed by atoms with E-state index < -0.39 is 8.07 Å². The molecule has 0 aromatic heterocycles. The maximum atomic E-state index is 2.63. The van der Waals surface area contributed by atoms with Crippen molar-refractivity contribution in [1.82, 2.24) is 0 Å². The van der Waals surface area contributed by atoms with E-state index in [9.17, 15) is 0 Å². The van der Waals surface area contributed by atoms with Gasteiger partial charge in [0.25, 0.3) is 0 Å². The fraction of sp³-hybridized carbons (Fsp3) is 0.0625. The molecule has 0 fully saturated rings. The third kappa shape index (κ3) is 5.53. The van der Waals surface area contributed by atoms with Crippen LogP contribution in [-0.2, 0) is 0 Å². The van der Waals surface area contributed by atoms with Gasteiger partial charge in [-0.15, -0.1) is 0 Å². The van der Waals surface area contributed by atoms with Gasteiger partial charge in [-0.3, -0.25) is 0 Å². The van der Waals surface area contributed by atoms with Gasteiger partial charge in [-0.1, -0.05) is 234 Å². The van der Waals surface area contributed by atoms with E-state index in [1.54, 1.807) is 0 Å². The molecule has 1 nitrogen and oxygen atoms in total. The molecule has 10 aromatic rings. The molecule has 5 aliphatic rings. The highest BCUT2D eigenvalue weighted by atomic mass is 32.2. The molecule has 0 saturated carbocycles. The summed E-state index contributed by atoms with van der Waals surface area (Å²) < 4.78 is 0. The number of para-hydroxylation sites is 1. The van der Waals surface area contributed by atoms with Gasteiger partial charge >= 0.3 is 0 Å². The first-order valence-corrected chi connectivity index (χ1v) is 26.8. The molecule has 0 saturated heterocycles. The molecule has 0 amide bonds. The SMILES string of the molecule is Cc1cccc2c1B(c1cccc(N3c4ccccc4[Si](c4ccccc4)(c4ccccc4)c4cc(-c5cccc6c5C5c7ccccc7C6c6ccccc65)ccc43)c1C)c1ccccc1S2. The summed E-state index contributed by atoms with van der Waals surface area (Å²) in [6.45, 7) is 4.78. The Morgan fingerprint density at radius 1 is 0.426 bits per heavy atom. The van der Waals surface area contributed by atoms with Crippen LogP contribution in [0.4, 0.5) is 17.1 Å². The van der Waals surface area contributed by atoms with Gasteiger partial charge in [0.1, 0.15) is 0 Å². The highest BCUT2D eigenvalue weighted by Crippen LogP contribution is 2.57. The highest BCUT2D eigenvalue weighted by molar-refractivity contribution is 8.00. The lowest BCUT2D eigenvalue weighted by Gasteiger charge is -2.46. The van der Waals surface area contributed by atoms with Crippen molar-refractivity contribution in [3.05, 3.63) is 275 Å². The first-order valence-electron chi connectivity index (χ1n) is 24.0. The monoisotopic (exact) mass is 899 g/mol. The molecular formula is C64H46BNSSi. The van der Waals surface area contributed by atoms with Gasteiger partial charge in [0.15, 0.2) is 8.07 Å². The van der Waals surface area contributed by atoms with Crippen LogP contribution in [-0.4, -0.2) is 14.8 Å². The van der Waals surface area contributed by atoms with Crippen molar-refractivity contribution in [3.8, 4) is 11.1 Å². The number of hydrogen-bond donors (Lipinski definition) is 0. The van der Waals surface area contributed by atoms with Crippen molar-refractivity contribution >= 4 is 80.7 Å². The quantitative estimate of drug-likeness (QED) is 0.158.